The molecule has 2 saturated heterocycles. The molecule has 1 unspecified atom stereocenters. The summed E-state index contributed by atoms with van der Waals surface area (Å²) in [6.45, 7) is 2.81. The quantitative estimate of drug-likeness (QED) is 0.799. The lowest BCUT2D eigenvalue weighted by molar-refractivity contribution is 0.0593. The van der Waals surface area contributed by atoms with Gasteiger partial charge in [-0.05, 0) is 43.7 Å². The van der Waals surface area contributed by atoms with Gasteiger partial charge in [-0.25, -0.2) is 4.98 Å². The van der Waals surface area contributed by atoms with E-state index in [0.29, 0.717) is 0 Å². The molecule has 2 aromatic heterocycles. The van der Waals surface area contributed by atoms with Gasteiger partial charge in [0.15, 0.2) is 17.0 Å². The Morgan fingerprint density at radius 2 is 2.00 bits per heavy atom. The summed E-state index contributed by atoms with van der Waals surface area (Å²) in [5.41, 5.74) is 1.61. The molecule has 112 valence electrons. The molecule has 0 radical (unpaired) electrons. The van der Waals surface area contributed by atoms with Gasteiger partial charge in [0.05, 0.1) is 6.33 Å². The lowest BCUT2D eigenvalue weighted by atomic mass is 10.1. The maximum Gasteiger partial charge on any atom is 0.226 e. The van der Waals surface area contributed by atoms with Gasteiger partial charge in [-0.15, -0.1) is 0 Å². The fourth-order valence-corrected chi connectivity index (χ4v) is 3.35. The SMILES string of the molecule is Clc1nc(N2CCCCC2)c2ncn(C3CCCO3)c2n1. The Bertz CT molecular complexity index is 646. The monoisotopic (exact) mass is 307 g/mol. The molecule has 2 fully saturated rings. The Morgan fingerprint density at radius 1 is 1.14 bits per heavy atom. The topological polar surface area (TPSA) is 56.1 Å². The molecule has 0 N–H and O–H groups in total. The van der Waals surface area contributed by atoms with Crippen LogP contribution in [-0.4, -0.2) is 39.2 Å². The highest BCUT2D eigenvalue weighted by Gasteiger charge is 2.24. The van der Waals surface area contributed by atoms with Crippen molar-refractivity contribution in [3.05, 3.63) is 11.6 Å². The van der Waals surface area contributed by atoms with Crippen molar-refractivity contribution in [2.75, 3.05) is 24.6 Å². The first-order valence-corrected chi connectivity index (χ1v) is 7.97. The average Bonchev–Trinajstić information content (AvgIpc) is 3.15. The molecule has 0 aliphatic carbocycles. The minimum atomic E-state index is 0.0233. The number of rotatable bonds is 2. The van der Waals surface area contributed by atoms with Crippen molar-refractivity contribution < 1.29 is 4.74 Å². The third kappa shape index (κ3) is 2.36. The van der Waals surface area contributed by atoms with Crippen molar-refractivity contribution >= 4 is 28.6 Å². The van der Waals surface area contributed by atoms with Crippen LogP contribution in [0.1, 0.15) is 38.3 Å². The van der Waals surface area contributed by atoms with Crippen LogP contribution in [-0.2, 0) is 4.74 Å². The molecule has 7 heteroatoms. The standard InChI is InChI=1S/C14H18ClN5O/c15-14-17-12(19-6-2-1-3-7-19)11-13(18-14)20(9-16-11)10-5-4-8-21-10/h9-10H,1-8H2. The number of piperidine rings is 1. The number of nitrogens with zero attached hydrogens (tertiary/aromatic N) is 5. The van der Waals surface area contributed by atoms with Gasteiger partial charge in [0, 0.05) is 19.7 Å². The number of hydrogen-bond donors (Lipinski definition) is 0. The molecule has 1 atom stereocenters. The van der Waals surface area contributed by atoms with Gasteiger partial charge < -0.3 is 9.64 Å². The number of fused-ring (bicyclic) bond motifs is 1. The first-order chi connectivity index (χ1) is 10.3. The minimum absolute atomic E-state index is 0.0233. The first kappa shape index (κ1) is 13.3. The molecule has 4 rings (SSSR count). The third-order valence-electron chi connectivity index (χ3n) is 4.25. The summed E-state index contributed by atoms with van der Waals surface area (Å²) in [5.74, 6) is 0.862. The zero-order valence-corrected chi connectivity index (χ0v) is 12.6. The van der Waals surface area contributed by atoms with Crippen LogP contribution in [0, 0.1) is 0 Å². The molecule has 0 saturated carbocycles. The van der Waals surface area contributed by atoms with Crippen LogP contribution < -0.4 is 4.90 Å². The molecular formula is C14H18ClN5O. The number of halogens is 1. The third-order valence-corrected chi connectivity index (χ3v) is 4.42. The van der Waals surface area contributed by atoms with Crippen molar-refractivity contribution in [3.8, 4) is 0 Å². The van der Waals surface area contributed by atoms with Crippen LogP contribution in [0.4, 0.5) is 5.82 Å². The summed E-state index contributed by atoms with van der Waals surface area (Å²) in [5, 5.41) is 0.280. The Balaban J connectivity index is 1.80. The van der Waals surface area contributed by atoms with Gasteiger partial charge in [-0.1, -0.05) is 0 Å². The van der Waals surface area contributed by atoms with Gasteiger partial charge in [0.25, 0.3) is 0 Å². The summed E-state index contributed by atoms with van der Waals surface area (Å²) in [6, 6.07) is 0. The van der Waals surface area contributed by atoms with E-state index in [1.165, 1.54) is 19.3 Å². The lowest BCUT2D eigenvalue weighted by Crippen LogP contribution is -2.30. The first-order valence-electron chi connectivity index (χ1n) is 7.59. The number of aromatic nitrogens is 4. The predicted octanol–water partition coefficient (Wildman–Crippen LogP) is 2.78. The lowest BCUT2D eigenvalue weighted by Gasteiger charge is -2.27. The van der Waals surface area contributed by atoms with E-state index in [9.17, 15) is 0 Å². The average molecular weight is 308 g/mol. The smallest absolute Gasteiger partial charge is 0.226 e. The van der Waals surface area contributed by atoms with Gasteiger partial charge in [-0.2, -0.15) is 9.97 Å². The maximum absolute atomic E-state index is 6.15. The minimum Gasteiger partial charge on any atom is -0.358 e. The molecule has 21 heavy (non-hydrogen) atoms. The highest BCUT2D eigenvalue weighted by molar-refractivity contribution is 6.28. The zero-order valence-electron chi connectivity index (χ0n) is 11.8. The molecule has 0 aromatic carbocycles. The Kier molecular flexibility index (Phi) is 3.43. The van der Waals surface area contributed by atoms with Crippen LogP contribution >= 0.6 is 11.6 Å². The molecule has 0 spiro atoms. The van der Waals surface area contributed by atoms with E-state index in [1.807, 2.05) is 4.57 Å². The van der Waals surface area contributed by atoms with Crippen molar-refractivity contribution in [2.24, 2.45) is 0 Å². The Hall–Kier alpha value is -1.40. The fourth-order valence-electron chi connectivity index (χ4n) is 3.19. The summed E-state index contributed by atoms with van der Waals surface area (Å²) in [7, 11) is 0. The molecule has 2 aliphatic heterocycles. The van der Waals surface area contributed by atoms with Gasteiger partial charge in [-0.3, -0.25) is 4.57 Å². The van der Waals surface area contributed by atoms with E-state index in [2.05, 4.69) is 19.9 Å². The van der Waals surface area contributed by atoms with Crippen molar-refractivity contribution in [1.29, 1.82) is 0 Å². The van der Waals surface area contributed by atoms with Gasteiger partial charge >= 0.3 is 0 Å². The van der Waals surface area contributed by atoms with Gasteiger partial charge in [0.2, 0.25) is 5.28 Å². The van der Waals surface area contributed by atoms with Crippen LogP contribution in [0.3, 0.4) is 0 Å². The molecule has 6 nitrogen and oxygen atoms in total. The Morgan fingerprint density at radius 3 is 2.76 bits per heavy atom. The van der Waals surface area contributed by atoms with Gasteiger partial charge in [0.1, 0.15) is 6.23 Å². The highest BCUT2D eigenvalue weighted by atomic mass is 35.5. The maximum atomic E-state index is 6.15. The molecular weight excluding hydrogens is 290 g/mol. The van der Waals surface area contributed by atoms with E-state index in [4.69, 9.17) is 16.3 Å². The summed E-state index contributed by atoms with van der Waals surface area (Å²) in [4.78, 5) is 15.6. The number of anilines is 1. The van der Waals surface area contributed by atoms with E-state index in [-0.39, 0.29) is 11.5 Å². The summed E-state index contributed by atoms with van der Waals surface area (Å²) >= 11 is 6.15. The van der Waals surface area contributed by atoms with Crippen molar-refractivity contribution in [3.63, 3.8) is 0 Å². The van der Waals surface area contributed by atoms with Crippen molar-refractivity contribution in [1.82, 2.24) is 19.5 Å². The van der Waals surface area contributed by atoms with Crippen molar-refractivity contribution in [2.45, 2.75) is 38.3 Å². The highest BCUT2D eigenvalue weighted by Crippen LogP contribution is 2.31. The van der Waals surface area contributed by atoms with Crippen LogP contribution in [0.5, 0.6) is 0 Å². The van der Waals surface area contributed by atoms with E-state index in [0.717, 1.165) is 49.5 Å². The van der Waals surface area contributed by atoms with Crippen LogP contribution in [0.2, 0.25) is 5.28 Å². The summed E-state index contributed by atoms with van der Waals surface area (Å²) in [6.07, 6.45) is 7.55. The Labute approximate surface area is 128 Å². The summed E-state index contributed by atoms with van der Waals surface area (Å²) < 4.78 is 7.73. The fraction of sp³-hybridized carbons (Fsp3) is 0.643. The largest absolute Gasteiger partial charge is 0.358 e. The molecule has 0 bridgehead atoms. The molecule has 2 aromatic rings. The molecule has 2 aliphatic rings. The molecule has 0 amide bonds. The number of imidazole rings is 1. The zero-order chi connectivity index (χ0) is 14.2. The van der Waals surface area contributed by atoms with E-state index < -0.39 is 0 Å². The van der Waals surface area contributed by atoms with Crippen LogP contribution in [0.15, 0.2) is 6.33 Å². The predicted molar refractivity (Wildman–Crippen MR) is 80.6 cm³/mol. The normalized spacial score (nSPS) is 23.1. The van der Waals surface area contributed by atoms with E-state index >= 15 is 0 Å². The molecule has 4 heterocycles. The van der Waals surface area contributed by atoms with Crippen LogP contribution in [0.25, 0.3) is 11.2 Å². The van der Waals surface area contributed by atoms with E-state index in [1.54, 1.807) is 6.33 Å². The number of hydrogen-bond acceptors (Lipinski definition) is 5. The number of ether oxygens (including phenoxy) is 1. The second kappa shape index (κ2) is 5.42. The second-order valence-electron chi connectivity index (χ2n) is 5.66. The second-order valence-corrected chi connectivity index (χ2v) is 5.99.